The zero-order chi connectivity index (χ0) is 23.0. The van der Waals surface area contributed by atoms with Crippen LogP contribution < -0.4 is 4.74 Å². The summed E-state index contributed by atoms with van der Waals surface area (Å²) in [5.74, 6) is 0.703. The van der Waals surface area contributed by atoms with E-state index in [0.717, 1.165) is 42.2 Å². The van der Waals surface area contributed by atoms with E-state index in [9.17, 15) is 4.79 Å². The Morgan fingerprint density at radius 2 is 1.58 bits per heavy atom. The van der Waals surface area contributed by atoms with E-state index < -0.39 is 0 Å². The molecule has 1 unspecified atom stereocenters. The molecule has 0 aliphatic carbocycles. The molecule has 1 aliphatic heterocycles. The van der Waals surface area contributed by atoms with E-state index in [0.29, 0.717) is 18.6 Å². The normalized spacial score (nSPS) is 15.5. The first-order valence-electron chi connectivity index (χ1n) is 11.7. The Morgan fingerprint density at radius 1 is 0.939 bits per heavy atom. The fourth-order valence-corrected chi connectivity index (χ4v) is 4.17. The lowest BCUT2D eigenvalue weighted by Crippen LogP contribution is -2.29. The Bertz CT molecular complexity index is 1080. The average molecular weight is 442 g/mol. The number of amides is 1. The van der Waals surface area contributed by atoms with Gasteiger partial charge in [-0.05, 0) is 36.9 Å². The summed E-state index contributed by atoms with van der Waals surface area (Å²) in [6, 6.07) is 27.2. The van der Waals surface area contributed by atoms with Gasteiger partial charge in [-0.1, -0.05) is 80.6 Å². The van der Waals surface area contributed by atoms with Crippen molar-refractivity contribution in [2.24, 2.45) is 5.10 Å². The van der Waals surface area contributed by atoms with Crippen LogP contribution in [0.3, 0.4) is 0 Å². The number of rotatable bonds is 9. The van der Waals surface area contributed by atoms with Gasteiger partial charge in [-0.2, -0.15) is 5.10 Å². The van der Waals surface area contributed by atoms with Gasteiger partial charge in [-0.25, -0.2) is 5.01 Å². The molecule has 0 spiro atoms. The summed E-state index contributed by atoms with van der Waals surface area (Å²) in [5, 5.41) is 6.43. The lowest BCUT2D eigenvalue weighted by atomic mass is 9.97. The summed E-state index contributed by atoms with van der Waals surface area (Å²) in [6.45, 7) is 7.78. The Balaban J connectivity index is 1.63. The van der Waals surface area contributed by atoms with Crippen LogP contribution in [0.5, 0.6) is 5.75 Å². The minimum atomic E-state index is -0.224. The first-order chi connectivity index (χ1) is 16.2. The van der Waals surface area contributed by atoms with Crippen LogP contribution in [0.1, 0.15) is 47.8 Å². The van der Waals surface area contributed by atoms with Crippen molar-refractivity contribution in [3.63, 3.8) is 0 Å². The second-order valence-corrected chi connectivity index (χ2v) is 8.06. The largest absolute Gasteiger partial charge is 0.492 e. The highest BCUT2D eigenvalue weighted by molar-refractivity contribution is 6.05. The van der Waals surface area contributed by atoms with Crippen LogP contribution >= 0.6 is 0 Å². The van der Waals surface area contributed by atoms with Crippen LogP contribution in [0.15, 0.2) is 90.0 Å². The average Bonchev–Trinajstić information content (AvgIpc) is 3.33. The molecule has 170 valence electrons. The lowest BCUT2D eigenvalue weighted by Gasteiger charge is -2.25. The van der Waals surface area contributed by atoms with E-state index in [4.69, 9.17) is 9.84 Å². The zero-order valence-electron chi connectivity index (χ0n) is 19.4. The van der Waals surface area contributed by atoms with Gasteiger partial charge >= 0.3 is 0 Å². The topological polar surface area (TPSA) is 45.1 Å². The highest BCUT2D eigenvalue weighted by Gasteiger charge is 2.35. The second kappa shape index (κ2) is 10.9. The van der Waals surface area contributed by atoms with Crippen LogP contribution in [0.4, 0.5) is 0 Å². The molecule has 5 heteroatoms. The molecule has 1 heterocycles. The maximum Gasteiger partial charge on any atom is 0.274 e. The van der Waals surface area contributed by atoms with Crippen molar-refractivity contribution in [2.75, 3.05) is 26.2 Å². The van der Waals surface area contributed by atoms with Crippen molar-refractivity contribution in [2.45, 2.75) is 26.3 Å². The molecule has 1 amide bonds. The number of hydrogen-bond donors (Lipinski definition) is 0. The van der Waals surface area contributed by atoms with E-state index in [2.05, 4.69) is 18.7 Å². The van der Waals surface area contributed by atoms with Crippen molar-refractivity contribution in [1.29, 1.82) is 0 Å². The summed E-state index contributed by atoms with van der Waals surface area (Å²) in [5.41, 5.74) is 3.55. The summed E-state index contributed by atoms with van der Waals surface area (Å²) in [6.07, 6.45) is 0.638. The highest BCUT2D eigenvalue weighted by Crippen LogP contribution is 2.38. The predicted octanol–water partition coefficient (Wildman–Crippen LogP) is 5.40. The number of hydrazone groups is 1. The van der Waals surface area contributed by atoms with Crippen LogP contribution in [0.2, 0.25) is 0 Å². The minimum Gasteiger partial charge on any atom is -0.492 e. The van der Waals surface area contributed by atoms with Gasteiger partial charge in [0.1, 0.15) is 12.4 Å². The van der Waals surface area contributed by atoms with Crippen LogP contribution in [0, 0.1) is 0 Å². The Labute approximate surface area is 196 Å². The molecule has 0 bridgehead atoms. The zero-order valence-corrected chi connectivity index (χ0v) is 19.4. The van der Waals surface area contributed by atoms with E-state index in [1.54, 1.807) is 5.01 Å². The van der Waals surface area contributed by atoms with Crippen molar-refractivity contribution in [3.05, 3.63) is 102 Å². The number of nitrogens with zero attached hydrogens (tertiary/aromatic N) is 3. The van der Waals surface area contributed by atoms with Gasteiger partial charge in [0.2, 0.25) is 0 Å². The molecule has 0 aromatic heterocycles. The summed E-state index contributed by atoms with van der Waals surface area (Å²) < 4.78 is 6.23. The molecule has 3 aromatic carbocycles. The SMILES string of the molecule is CCN(CC)CCOc1ccccc1C1CC(c2ccccc2)=NN1C(=O)c1ccccc1. The number of para-hydroxylation sites is 1. The van der Waals surface area contributed by atoms with Crippen LogP contribution in [0.25, 0.3) is 0 Å². The number of hydrogen-bond acceptors (Lipinski definition) is 4. The standard InChI is InChI=1S/C28H31N3O2/c1-3-30(4-2)19-20-33-27-18-12-11-17-24(27)26-21-25(22-13-7-5-8-14-22)29-31(26)28(32)23-15-9-6-10-16-23/h5-18,26H,3-4,19-21H2,1-2H3. The highest BCUT2D eigenvalue weighted by atomic mass is 16.5. The van der Waals surface area contributed by atoms with E-state index in [1.807, 2.05) is 84.9 Å². The van der Waals surface area contributed by atoms with Gasteiger partial charge in [0.15, 0.2) is 0 Å². The molecule has 1 atom stereocenters. The maximum atomic E-state index is 13.5. The molecule has 0 radical (unpaired) electrons. The van der Waals surface area contributed by atoms with Crippen LogP contribution in [-0.4, -0.2) is 47.8 Å². The summed E-state index contributed by atoms with van der Waals surface area (Å²) in [4.78, 5) is 15.8. The van der Waals surface area contributed by atoms with Gasteiger partial charge in [-0.15, -0.1) is 0 Å². The maximum absolute atomic E-state index is 13.5. The van der Waals surface area contributed by atoms with E-state index in [-0.39, 0.29) is 11.9 Å². The Kier molecular flexibility index (Phi) is 7.53. The lowest BCUT2D eigenvalue weighted by molar-refractivity contribution is 0.0708. The van der Waals surface area contributed by atoms with Gasteiger partial charge in [0.25, 0.3) is 5.91 Å². The number of benzene rings is 3. The monoisotopic (exact) mass is 441 g/mol. The Morgan fingerprint density at radius 3 is 2.27 bits per heavy atom. The molecule has 1 aliphatic rings. The molecule has 0 fully saturated rings. The number of carbonyl (C=O) groups excluding carboxylic acids is 1. The quantitative estimate of drug-likeness (QED) is 0.447. The molecular formula is C28H31N3O2. The van der Waals surface area contributed by atoms with Gasteiger partial charge in [0.05, 0.1) is 11.8 Å². The first-order valence-corrected chi connectivity index (χ1v) is 11.7. The molecule has 33 heavy (non-hydrogen) atoms. The third kappa shape index (κ3) is 5.32. The summed E-state index contributed by atoms with van der Waals surface area (Å²) in [7, 11) is 0. The van der Waals surface area contributed by atoms with Gasteiger partial charge in [-0.3, -0.25) is 4.79 Å². The molecular weight excluding hydrogens is 410 g/mol. The number of likely N-dealkylation sites (N-methyl/N-ethyl adjacent to an activating group) is 1. The number of carbonyl (C=O) groups is 1. The van der Waals surface area contributed by atoms with Crippen molar-refractivity contribution < 1.29 is 9.53 Å². The molecule has 3 aromatic rings. The van der Waals surface area contributed by atoms with Gasteiger partial charge < -0.3 is 9.64 Å². The predicted molar refractivity (Wildman–Crippen MR) is 133 cm³/mol. The molecule has 4 rings (SSSR count). The van der Waals surface area contributed by atoms with E-state index in [1.165, 1.54) is 0 Å². The number of ether oxygens (including phenoxy) is 1. The van der Waals surface area contributed by atoms with E-state index >= 15 is 0 Å². The minimum absolute atomic E-state index is 0.107. The first kappa shape index (κ1) is 22.7. The van der Waals surface area contributed by atoms with Crippen molar-refractivity contribution in [3.8, 4) is 5.75 Å². The van der Waals surface area contributed by atoms with Gasteiger partial charge in [0, 0.05) is 24.1 Å². The fraction of sp³-hybridized carbons (Fsp3) is 0.286. The summed E-state index contributed by atoms with van der Waals surface area (Å²) >= 11 is 0. The van der Waals surface area contributed by atoms with Crippen molar-refractivity contribution in [1.82, 2.24) is 9.91 Å². The molecule has 5 nitrogen and oxygen atoms in total. The Hall–Kier alpha value is -3.44. The smallest absolute Gasteiger partial charge is 0.274 e. The molecule has 0 saturated heterocycles. The fourth-order valence-electron chi connectivity index (χ4n) is 4.17. The van der Waals surface area contributed by atoms with Crippen molar-refractivity contribution >= 4 is 11.6 Å². The third-order valence-electron chi connectivity index (χ3n) is 6.08. The second-order valence-electron chi connectivity index (χ2n) is 8.06. The van der Waals surface area contributed by atoms with Crippen LogP contribution in [-0.2, 0) is 0 Å². The third-order valence-corrected chi connectivity index (χ3v) is 6.08. The molecule has 0 saturated carbocycles. The molecule has 0 N–H and O–H groups in total.